The summed E-state index contributed by atoms with van der Waals surface area (Å²) in [5.41, 5.74) is -0.753. The van der Waals surface area contributed by atoms with Crippen molar-refractivity contribution in [3.05, 3.63) is 77.4 Å². The average Bonchev–Trinajstić information content (AvgIpc) is 2.81. The van der Waals surface area contributed by atoms with Crippen LogP contribution < -0.4 is 15.4 Å². The fourth-order valence-corrected chi connectivity index (χ4v) is 3.44. The molecule has 0 bridgehead atoms. The molecule has 0 radical (unpaired) electrons. The highest BCUT2D eigenvalue weighted by Gasteiger charge is 2.23. The number of nitrogens with one attached hydrogen (secondary N) is 2. The Balaban J connectivity index is 2.04. The fourth-order valence-electron chi connectivity index (χ4n) is 3.44. The molecule has 3 aromatic rings. The summed E-state index contributed by atoms with van der Waals surface area (Å²) < 4.78 is 34.6. The third kappa shape index (κ3) is 7.11. The molecule has 0 heterocycles. The fraction of sp³-hybridized carbons (Fsp3) is 0.185. The van der Waals surface area contributed by atoms with Gasteiger partial charge in [0, 0.05) is 22.8 Å². The van der Waals surface area contributed by atoms with Crippen molar-refractivity contribution in [3.8, 4) is 22.9 Å². The van der Waals surface area contributed by atoms with Gasteiger partial charge in [-0.15, -0.1) is 0 Å². The van der Waals surface area contributed by atoms with E-state index in [1.807, 2.05) is 6.07 Å². The van der Waals surface area contributed by atoms with Crippen molar-refractivity contribution in [1.82, 2.24) is 0 Å². The minimum atomic E-state index is -1.45. The number of hydrogen-bond acceptors (Lipinski definition) is 5. The molecule has 0 unspecified atom stereocenters. The Morgan fingerprint density at radius 1 is 0.973 bits per heavy atom. The highest BCUT2D eigenvalue weighted by Crippen LogP contribution is 2.40. The van der Waals surface area contributed by atoms with Crippen molar-refractivity contribution in [2.75, 3.05) is 10.6 Å². The Hall–Kier alpha value is -4.78. The summed E-state index contributed by atoms with van der Waals surface area (Å²) in [6, 6.07) is 13.0. The number of anilines is 2. The predicted octanol–water partition coefficient (Wildman–Crippen LogP) is 5.98. The Morgan fingerprint density at radius 3 is 2.32 bits per heavy atom. The quantitative estimate of drug-likeness (QED) is 0.266. The van der Waals surface area contributed by atoms with E-state index in [1.165, 1.54) is 36.4 Å². The summed E-state index contributed by atoms with van der Waals surface area (Å²) >= 11 is 0. The average molecular weight is 507 g/mol. The molecule has 8 nitrogen and oxygen atoms in total. The van der Waals surface area contributed by atoms with E-state index in [-0.39, 0.29) is 39.4 Å². The summed E-state index contributed by atoms with van der Waals surface area (Å²) in [6.07, 6.45) is -2.07. The SMILES string of the molecule is CC(C)(C)Oc1cc(NC(=O)O)c(NC(=O)CC(=O)c2cccc(C#N)c2)cc1-c1cc(F)ccc1F. The molecule has 0 fully saturated rings. The van der Waals surface area contributed by atoms with Crippen LogP contribution in [0, 0.1) is 23.0 Å². The van der Waals surface area contributed by atoms with E-state index in [0.717, 1.165) is 18.2 Å². The molecule has 0 aliphatic rings. The number of Topliss-reactive ketones (excluding diaryl/α,β-unsaturated/α-hetero) is 1. The largest absolute Gasteiger partial charge is 0.487 e. The van der Waals surface area contributed by atoms with E-state index in [4.69, 9.17) is 10.00 Å². The van der Waals surface area contributed by atoms with Gasteiger partial charge >= 0.3 is 6.09 Å². The number of nitriles is 1. The second kappa shape index (κ2) is 10.9. The highest BCUT2D eigenvalue weighted by atomic mass is 19.1. The summed E-state index contributed by atoms with van der Waals surface area (Å²) in [5, 5.41) is 22.9. The minimum Gasteiger partial charge on any atom is -0.487 e. The van der Waals surface area contributed by atoms with Crippen LogP contribution in [0.2, 0.25) is 0 Å². The van der Waals surface area contributed by atoms with E-state index in [1.54, 1.807) is 20.8 Å². The first-order chi connectivity index (χ1) is 17.4. The lowest BCUT2D eigenvalue weighted by Crippen LogP contribution is -2.24. The number of rotatable bonds is 7. The number of carboxylic acid groups (broad SMARTS) is 1. The number of amides is 2. The van der Waals surface area contributed by atoms with Crippen LogP contribution >= 0.6 is 0 Å². The molecule has 3 rings (SSSR count). The standard InChI is InChI=1S/C27H23F2N3O5/c1-27(2,3)37-24-12-22(32-26(35)36)21(11-19(24)18-10-17(28)7-8-20(18)29)31-25(34)13-23(33)16-6-4-5-15(9-16)14-30/h4-12,32H,13H2,1-3H3,(H,31,34)(H,35,36). The number of ketones is 1. The molecule has 0 aliphatic carbocycles. The lowest BCUT2D eigenvalue weighted by atomic mass is 10.0. The first-order valence-electron chi connectivity index (χ1n) is 11.0. The number of benzene rings is 3. The molecular formula is C27H23F2N3O5. The molecule has 37 heavy (non-hydrogen) atoms. The Morgan fingerprint density at radius 2 is 1.68 bits per heavy atom. The van der Waals surface area contributed by atoms with Gasteiger partial charge in [0.15, 0.2) is 5.78 Å². The molecule has 0 atom stereocenters. The summed E-state index contributed by atoms with van der Waals surface area (Å²) in [7, 11) is 0. The summed E-state index contributed by atoms with van der Waals surface area (Å²) in [5.74, 6) is -2.84. The maximum atomic E-state index is 14.7. The van der Waals surface area contributed by atoms with Crippen LogP contribution in [0.1, 0.15) is 43.1 Å². The van der Waals surface area contributed by atoms with Gasteiger partial charge in [0.2, 0.25) is 5.91 Å². The summed E-state index contributed by atoms with van der Waals surface area (Å²) in [6.45, 7) is 5.14. The van der Waals surface area contributed by atoms with E-state index < -0.39 is 41.4 Å². The second-order valence-electron chi connectivity index (χ2n) is 9.00. The number of hydrogen-bond donors (Lipinski definition) is 3. The van der Waals surface area contributed by atoms with Crippen molar-refractivity contribution in [3.63, 3.8) is 0 Å². The molecule has 0 aromatic heterocycles. The number of carbonyl (C=O) groups excluding carboxylic acids is 2. The van der Waals surface area contributed by atoms with Gasteiger partial charge in [-0.25, -0.2) is 13.6 Å². The molecule has 10 heteroatoms. The van der Waals surface area contributed by atoms with Crippen molar-refractivity contribution in [1.29, 1.82) is 5.26 Å². The second-order valence-corrected chi connectivity index (χ2v) is 9.00. The van der Waals surface area contributed by atoms with E-state index in [9.17, 15) is 28.3 Å². The molecule has 0 saturated heterocycles. The van der Waals surface area contributed by atoms with Crippen LogP contribution in [0.4, 0.5) is 25.0 Å². The lowest BCUT2D eigenvalue weighted by Gasteiger charge is -2.25. The van der Waals surface area contributed by atoms with Gasteiger partial charge in [-0.3, -0.25) is 14.9 Å². The van der Waals surface area contributed by atoms with Crippen molar-refractivity contribution in [2.45, 2.75) is 32.8 Å². The van der Waals surface area contributed by atoms with Gasteiger partial charge in [0.25, 0.3) is 0 Å². The first kappa shape index (κ1) is 26.8. The molecule has 0 aliphatic heterocycles. The normalized spacial score (nSPS) is 10.8. The third-order valence-electron chi connectivity index (χ3n) is 4.90. The van der Waals surface area contributed by atoms with Crippen LogP contribution in [0.5, 0.6) is 5.75 Å². The molecular weight excluding hydrogens is 484 g/mol. The van der Waals surface area contributed by atoms with Crippen LogP contribution in [0.15, 0.2) is 54.6 Å². The molecule has 3 aromatic carbocycles. The first-order valence-corrected chi connectivity index (χ1v) is 11.0. The van der Waals surface area contributed by atoms with Gasteiger partial charge in [-0.1, -0.05) is 12.1 Å². The Labute approximate surface area is 211 Å². The summed E-state index contributed by atoms with van der Waals surface area (Å²) in [4.78, 5) is 36.7. The van der Waals surface area contributed by atoms with E-state index in [2.05, 4.69) is 10.6 Å². The van der Waals surface area contributed by atoms with Gasteiger partial charge in [-0.2, -0.15) is 5.26 Å². The molecule has 0 saturated carbocycles. The number of halogens is 2. The van der Waals surface area contributed by atoms with Gasteiger partial charge in [0.05, 0.1) is 29.4 Å². The monoisotopic (exact) mass is 507 g/mol. The number of ether oxygens (including phenoxy) is 1. The van der Waals surface area contributed by atoms with E-state index >= 15 is 0 Å². The zero-order valence-electron chi connectivity index (χ0n) is 20.2. The van der Waals surface area contributed by atoms with Crippen molar-refractivity contribution in [2.24, 2.45) is 0 Å². The zero-order chi connectivity index (χ0) is 27.3. The maximum Gasteiger partial charge on any atom is 0.409 e. The smallest absolute Gasteiger partial charge is 0.409 e. The minimum absolute atomic E-state index is 0.0307. The van der Waals surface area contributed by atoms with Crippen LogP contribution in [0.3, 0.4) is 0 Å². The number of nitrogens with zero attached hydrogens (tertiary/aromatic N) is 1. The number of carbonyl (C=O) groups is 3. The zero-order valence-corrected chi connectivity index (χ0v) is 20.2. The van der Waals surface area contributed by atoms with Gasteiger partial charge < -0.3 is 15.2 Å². The van der Waals surface area contributed by atoms with Gasteiger partial charge in [0.1, 0.15) is 23.0 Å². The molecule has 190 valence electrons. The maximum absolute atomic E-state index is 14.7. The van der Waals surface area contributed by atoms with Gasteiger partial charge in [-0.05, 0) is 57.2 Å². The van der Waals surface area contributed by atoms with Crippen LogP contribution in [-0.4, -0.2) is 28.5 Å². The molecule has 2 amide bonds. The molecule has 0 spiro atoms. The molecule has 3 N–H and O–H groups in total. The Kier molecular flexibility index (Phi) is 7.88. The highest BCUT2D eigenvalue weighted by molar-refractivity contribution is 6.12. The lowest BCUT2D eigenvalue weighted by molar-refractivity contribution is -0.115. The van der Waals surface area contributed by atoms with Crippen LogP contribution in [0.25, 0.3) is 11.1 Å². The Bertz CT molecular complexity index is 1420. The topological polar surface area (TPSA) is 129 Å². The predicted molar refractivity (Wildman–Crippen MR) is 133 cm³/mol. The van der Waals surface area contributed by atoms with Crippen molar-refractivity contribution >= 4 is 29.2 Å². The third-order valence-corrected chi connectivity index (χ3v) is 4.90. The van der Waals surface area contributed by atoms with E-state index in [0.29, 0.717) is 0 Å². The van der Waals surface area contributed by atoms with Crippen LogP contribution in [-0.2, 0) is 4.79 Å². The van der Waals surface area contributed by atoms with Crippen molar-refractivity contribution < 1.29 is 33.0 Å².